The maximum Gasteiger partial charge on any atom is 2.00 e. The van der Waals surface area contributed by atoms with Crippen LogP contribution >= 0.6 is 0 Å². The number of carbonyl (C=O) groups is 2. The van der Waals surface area contributed by atoms with Gasteiger partial charge in [0.05, 0.1) is 51.8 Å². The van der Waals surface area contributed by atoms with Crippen LogP contribution in [0.2, 0.25) is 0 Å². The van der Waals surface area contributed by atoms with E-state index in [4.69, 9.17) is 30.1 Å². The maximum absolute atomic E-state index is 12.8. The predicted octanol–water partition coefficient (Wildman–Crippen LogP) is 24.2. The topological polar surface area (TPSA) is 216 Å². The molecule has 129 heavy (non-hydrogen) atoms. The molecule has 9 aromatic heterocycles. The quantitative estimate of drug-likeness (QED) is 0.0398. The number of ketones is 1. The van der Waals surface area contributed by atoms with E-state index in [-0.39, 0.29) is 137 Å². The van der Waals surface area contributed by atoms with Crippen molar-refractivity contribution in [1.82, 2.24) is 59.0 Å². The van der Waals surface area contributed by atoms with Gasteiger partial charge in [-0.2, -0.15) is 0 Å². The van der Waals surface area contributed by atoms with E-state index in [9.17, 15) is 18.4 Å². The Morgan fingerprint density at radius 1 is 0.388 bits per heavy atom. The van der Waals surface area contributed by atoms with Crippen molar-refractivity contribution in [1.29, 1.82) is 0 Å². The Kier molecular flexibility index (Phi) is 49.9. The number of carboxylic acids is 1. The normalized spacial score (nSPS) is 10.7. The first-order valence-electron chi connectivity index (χ1n) is 41.1. The molecule has 6 aromatic carbocycles. The maximum atomic E-state index is 12.8. The fourth-order valence-corrected chi connectivity index (χ4v) is 14.0. The molecule has 0 spiro atoms. The largest absolute Gasteiger partial charge is 2.00 e. The Hall–Kier alpha value is -10.6. The van der Waals surface area contributed by atoms with Crippen LogP contribution < -0.4 is 9.97 Å². The Balaban J connectivity index is 0.000000331. The van der Waals surface area contributed by atoms with E-state index >= 15 is 0 Å². The number of benzene rings is 6. The smallest absolute Gasteiger partial charge is 0.657 e. The standard InChI is InChI=1S/C36H44N4.C15H11N2.C11H6F2N.2C11H8N.C10H9N2.C6H5NO2.C5H8O2.2Ir.Os.Pt.2Rh/c1-9-21-22(10-2)30-18-32-25(13-5)26(14-6)34(39-32)20-36-28(16-8)27(15-7)35(40-36)19-33-24(12-4)23(11-3)31(38-33)17-29(21)37-30;1-3-7-13(8-4-1)15-16-11-12-17(15)14-9-5-2-6-10-14;12-9-5-4-8(7-10(9)13)11-3-1-2-6-14-11;2*1-2-6-10(7-3-1)11-8-4-5-9-12-11;1-12-8-7-11-10(12)9-5-3-2-4-6-9;8-6(9)5-3-1-2-4-7-5;1-4(6)3-5(2)7;;;;;;/h17-20H,9-16H2,1-8H3;1-7,9-12H;1-3,5-7H;2*1-6,8-9H;2-5,7-8H,1H3;1-4H,(H,8,9);3,6H,1-2H3;;;;;;/q-2;5*-1;;;;;+1;+2;;. The molecule has 0 aliphatic carbocycles. The summed E-state index contributed by atoms with van der Waals surface area (Å²) in [6, 6.07) is 89.5. The summed E-state index contributed by atoms with van der Waals surface area (Å²) in [7, 11) is 1.98. The van der Waals surface area contributed by atoms with Gasteiger partial charge in [-0.05, 0) is 147 Å². The number of hydrogen-bond acceptors (Lipinski definition) is 11. The van der Waals surface area contributed by atoms with Crippen LogP contribution in [-0.2, 0) is 158 Å². The number of imidazole rings is 2. The van der Waals surface area contributed by atoms with Crippen molar-refractivity contribution in [3.8, 4) is 62.2 Å². The molecule has 15 aromatic rings. The van der Waals surface area contributed by atoms with Crippen LogP contribution in [0.15, 0.2) is 298 Å². The molecule has 2 aliphatic rings. The number of fused-ring (bicyclic) bond motifs is 8. The van der Waals surface area contributed by atoms with E-state index in [1.807, 2.05) is 182 Å². The number of aromatic carboxylic acids is 1. The molecular weight excluding hydrogens is 2510 g/mol. The summed E-state index contributed by atoms with van der Waals surface area (Å²) in [6.45, 7) is 20.8. The van der Waals surface area contributed by atoms with Gasteiger partial charge in [0.2, 0.25) is 0 Å². The Morgan fingerprint density at radius 2 is 0.736 bits per heavy atom. The number of aryl methyl sites for hydroxylation is 5. The number of para-hydroxylation sites is 1. The van der Waals surface area contributed by atoms with Crippen molar-refractivity contribution in [3.05, 3.63) is 391 Å². The summed E-state index contributed by atoms with van der Waals surface area (Å²) in [6.07, 6.45) is 22.9. The summed E-state index contributed by atoms with van der Waals surface area (Å²) >= 11 is 0. The first kappa shape index (κ1) is 111. The zero-order valence-electron chi connectivity index (χ0n) is 73.2. The fourth-order valence-electron chi connectivity index (χ4n) is 14.0. The molecule has 0 fully saturated rings. The number of hydrogen-bond donors (Lipinski definition) is 2. The average molecular weight is 2610 g/mol. The van der Waals surface area contributed by atoms with Gasteiger partial charge in [0.25, 0.3) is 0 Å². The van der Waals surface area contributed by atoms with Crippen molar-refractivity contribution < 1.29 is 149 Å². The van der Waals surface area contributed by atoms with Gasteiger partial charge in [-0.3, -0.25) is 19.2 Å². The van der Waals surface area contributed by atoms with Gasteiger partial charge in [-0.1, -0.05) is 163 Å². The number of carboxylic acid groups (broad SMARTS) is 1. The molecule has 11 heterocycles. The number of aromatic nitrogens is 12. The number of rotatable bonds is 16. The van der Waals surface area contributed by atoms with Crippen LogP contribution in [0.5, 0.6) is 0 Å². The molecule has 8 bridgehead atoms. The third-order valence-corrected chi connectivity index (χ3v) is 19.6. The number of halogens is 2. The van der Waals surface area contributed by atoms with Crippen molar-refractivity contribution in [2.24, 2.45) is 7.05 Å². The van der Waals surface area contributed by atoms with Gasteiger partial charge in [0.1, 0.15) is 5.69 Å². The number of carbonyl (C=O) groups excluding carboxylic acids is 1. The van der Waals surface area contributed by atoms with Gasteiger partial charge < -0.3 is 44.3 Å². The molecule has 675 valence electrons. The Bertz CT molecular complexity index is 5740. The van der Waals surface area contributed by atoms with E-state index in [2.05, 4.69) is 157 Å². The van der Waals surface area contributed by atoms with Gasteiger partial charge in [-0.25, -0.2) is 24.1 Å². The average Bonchev–Trinajstić information content (AvgIpc) is 1.61. The zero-order chi connectivity index (χ0) is 87.4. The SMILES string of the molecule is CC(=O)C=C(C)O.CCC1=C(CC)c2cc3[n-]c(cc4nc(cc5[n-]c(cc1n2)c(CC)c5CC)C(CC)=C4CC)c(CC)c3CC.Cn1ccnc1-c1[c-]cccc1.Fc1c[c-]c(-c2ccccn2)cc1F.O=C(O)c1ccccn1.[Ir].[Ir].[Os+].[Pt+2].[Rh].[Rh].[c-]1ccccc1-c1ccccn1.[c-]1ccccc1-c1ccccn1.[c-]1ccccc1-c1nccn1-c1ccccc1. The van der Waals surface area contributed by atoms with E-state index in [1.54, 1.807) is 55.1 Å². The van der Waals surface area contributed by atoms with Gasteiger partial charge in [-0.15, -0.1) is 189 Å². The number of pyridine rings is 4. The summed E-state index contributed by atoms with van der Waals surface area (Å²) in [5, 5.41) is 16.7. The van der Waals surface area contributed by atoms with Crippen molar-refractivity contribution in [3.63, 3.8) is 0 Å². The second kappa shape index (κ2) is 58.1. The summed E-state index contributed by atoms with van der Waals surface area (Å²) in [5.74, 6) is -0.968. The van der Waals surface area contributed by atoms with E-state index in [1.165, 1.54) is 76.7 Å². The molecule has 17 rings (SSSR count). The second-order valence-electron chi connectivity index (χ2n) is 27.8. The van der Waals surface area contributed by atoms with E-state index in [0.717, 1.165) is 159 Å². The minimum absolute atomic E-state index is 0. The van der Waals surface area contributed by atoms with E-state index in [0.29, 0.717) is 11.3 Å². The molecular formula is C105H99F2Ir2N12O4OsPtRh2-4. The molecule has 16 nitrogen and oxygen atoms in total. The third kappa shape index (κ3) is 31.6. The Morgan fingerprint density at radius 3 is 1.03 bits per heavy atom. The summed E-state index contributed by atoms with van der Waals surface area (Å²) in [4.78, 5) is 65.8. The van der Waals surface area contributed by atoms with Crippen LogP contribution in [0.4, 0.5) is 8.78 Å². The molecule has 0 unspecified atom stereocenters. The van der Waals surface area contributed by atoms with Crippen molar-refractivity contribution >= 4 is 56.1 Å². The van der Waals surface area contributed by atoms with Gasteiger partial charge in [0, 0.05) is 148 Å². The third-order valence-electron chi connectivity index (χ3n) is 19.6. The molecule has 5 radical (unpaired) electrons. The molecule has 24 heteroatoms. The monoisotopic (exact) mass is 2610 g/mol. The van der Waals surface area contributed by atoms with Gasteiger partial charge >= 0.3 is 46.8 Å². The number of aliphatic hydroxyl groups is 1. The van der Waals surface area contributed by atoms with Crippen LogP contribution in [0.25, 0.3) is 107 Å². The van der Waals surface area contributed by atoms with Crippen LogP contribution in [0.1, 0.15) is 150 Å². The molecule has 2 aliphatic heterocycles. The molecule has 2 N–H and O–H groups in total. The van der Waals surface area contributed by atoms with Crippen LogP contribution in [0, 0.1) is 42.0 Å². The molecule has 0 saturated heterocycles. The number of nitrogens with zero attached hydrogens (tertiary/aromatic N) is 12. The summed E-state index contributed by atoms with van der Waals surface area (Å²) < 4.78 is 29.5. The minimum atomic E-state index is -0.990. The summed E-state index contributed by atoms with van der Waals surface area (Å²) in [5.41, 5.74) is 27.4. The minimum Gasteiger partial charge on any atom is -0.657 e. The number of allylic oxidation sites excluding steroid dienone is 6. The zero-order valence-corrected chi connectivity index (χ0v) is 86.1. The van der Waals surface area contributed by atoms with Gasteiger partial charge in [0.15, 0.2) is 5.78 Å². The molecule has 0 amide bonds. The molecule has 0 saturated carbocycles. The second-order valence-corrected chi connectivity index (χ2v) is 27.8. The first-order valence-corrected chi connectivity index (χ1v) is 41.1. The van der Waals surface area contributed by atoms with Crippen molar-refractivity contribution in [2.75, 3.05) is 0 Å². The number of aliphatic hydroxyl groups excluding tert-OH is 1. The van der Waals surface area contributed by atoms with E-state index < -0.39 is 17.6 Å². The van der Waals surface area contributed by atoms with Crippen LogP contribution in [-0.4, -0.2) is 71.0 Å². The Labute approximate surface area is 836 Å². The van der Waals surface area contributed by atoms with Crippen LogP contribution in [0.3, 0.4) is 0 Å². The fraction of sp³-hybridized carbons (Fsp3) is 0.181. The first-order chi connectivity index (χ1) is 59.9. The predicted molar refractivity (Wildman–Crippen MR) is 490 cm³/mol. The molecule has 0 atom stereocenters. The van der Waals surface area contributed by atoms with Crippen molar-refractivity contribution in [2.45, 2.75) is 121 Å².